The molecular formula is C19H18FN3O3. The molecule has 0 bridgehead atoms. The topological polar surface area (TPSA) is 77.2 Å². The molecule has 0 aliphatic carbocycles. The minimum atomic E-state index is -0.330. The van der Waals surface area contributed by atoms with Crippen LogP contribution >= 0.6 is 0 Å². The molecule has 1 heterocycles. The van der Waals surface area contributed by atoms with E-state index in [1.165, 1.54) is 12.1 Å². The van der Waals surface area contributed by atoms with E-state index in [9.17, 15) is 9.18 Å². The summed E-state index contributed by atoms with van der Waals surface area (Å²) in [7, 11) is 0. The molecule has 0 aliphatic heterocycles. The normalized spacial score (nSPS) is 10.5. The van der Waals surface area contributed by atoms with Crippen molar-refractivity contribution in [1.82, 2.24) is 10.1 Å². The van der Waals surface area contributed by atoms with E-state index in [-0.39, 0.29) is 18.1 Å². The van der Waals surface area contributed by atoms with E-state index in [2.05, 4.69) is 15.5 Å². The summed E-state index contributed by atoms with van der Waals surface area (Å²) in [5.74, 6) is 0.988. The highest BCUT2D eigenvalue weighted by Gasteiger charge is 2.11. The molecule has 0 saturated heterocycles. The summed E-state index contributed by atoms with van der Waals surface area (Å²) in [5, 5.41) is 6.65. The molecule has 3 rings (SSSR count). The van der Waals surface area contributed by atoms with Gasteiger partial charge in [-0.25, -0.2) is 4.39 Å². The van der Waals surface area contributed by atoms with Crippen LogP contribution in [0.4, 0.5) is 10.1 Å². The molecular weight excluding hydrogens is 337 g/mol. The Morgan fingerprint density at radius 2 is 1.88 bits per heavy atom. The fraction of sp³-hybridized carbons (Fsp3) is 0.211. The molecule has 0 aliphatic rings. The predicted octanol–water partition coefficient (Wildman–Crippen LogP) is 3.85. The monoisotopic (exact) mass is 355 g/mol. The molecule has 26 heavy (non-hydrogen) atoms. The number of nitrogens with one attached hydrogen (secondary N) is 1. The van der Waals surface area contributed by atoms with Crippen LogP contribution in [0, 0.1) is 5.82 Å². The van der Waals surface area contributed by atoms with E-state index in [0.29, 0.717) is 36.0 Å². The molecule has 7 heteroatoms. The maximum Gasteiger partial charge on any atom is 0.227 e. The average Bonchev–Trinajstić information content (AvgIpc) is 3.11. The van der Waals surface area contributed by atoms with Crippen LogP contribution in [-0.2, 0) is 11.2 Å². The van der Waals surface area contributed by atoms with Crippen molar-refractivity contribution in [3.8, 4) is 17.1 Å². The number of hydrogen-bond donors (Lipinski definition) is 1. The van der Waals surface area contributed by atoms with Gasteiger partial charge in [0.15, 0.2) is 0 Å². The standard InChI is InChI=1S/C19H18FN3O3/c1-2-25-16-9-7-15(8-10-16)21-17(24)11-12-18-22-19(23-26-18)13-3-5-14(20)6-4-13/h3-10H,2,11-12H2,1H3,(H,21,24). The Bertz CT molecular complexity index is 860. The molecule has 0 atom stereocenters. The van der Waals surface area contributed by atoms with Gasteiger partial charge in [0.2, 0.25) is 17.6 Å². The van der Waals surface area contributed by atoms with Crippen molar-refractivity contribution >= 4 is 11.6 Å². The van der Waals surface area contributed by atoms with Gasteiger partial charge in [-0.1, -0.05) is 5.16 Å². The number of rotatable bonds is 7. The van der Waals surface area contributed by atoms with E-state index in [0.717, 1.165) is 5.75 Å². The highest BCUT2D eigenvalue weighted by Crippen LogP contribution is 2.18. The maximum atomic E-state index is 12.9. The molecule has 2 aromatic carbocycles. The van der Waals surface area contributed by atoms with Crippen molar-refractivity contribution < 1.29 is 18.4 Å². The minimum Gasteiger partial charge on any atom is -0.494 e. The van der Waals surface area contributed by atoms with Gasteiger partial charge in [0, 0.05) is 24.1 Å². The van der Waals surface area contributed by atoms with Gasteiger partial charge in [-0.15, -0.1) is 0 Å². The van der Waals surface area contributed by atoms with Gasteiger partial charge >= 0.3 is 0 Å². The van der Waals surface area contributed by atoms with Gasteiger partial charge in [-0.3, -0.25) is 4.79 Å². The lowest BCUT2D eigenvalue weighted by atomic mass is 10.2. The van der Waals surface area contributed by atoms with Crippen LogP contribution in [0.1, 0.15) is 19.2 Å². The highest BCUT2D eigenvalue weighted by molar-refractivity contribution is 5.90. The van der Waals surface area contributed by atoms with Gasteiger partial charge in [-0.2, -0.15) is 4.98 Å². The Hall–Kier alpha value is -3.22. The van der Waals surface area contributed by atoms with Crippen LogP contribution in [0.5, 0.6) is 5.75 Å². The van der Waals surface area contributed by atoms with Crippen molar-refractivity contribution in [3.63, 3.8) is 0 Å². The maximum absolute atomic E-state index is 12.9. The Morgan fingerprint density at radius 3 is 2.58 bits per heavy atom. The number of halogens is 1. The molecule has 1 aromatic heterocycles. The number of ether oxygens (including phenoxy) is 1. The van der Waals surface area contributed by atoms with Gasteiger partial charge in [0.05, 0.1) is 6.61 Å². The smallest absolute Gasteiger partial charge is 0.227 e. The molecule has 6 nitrogen and oxygen atoms in total. The van der Waals surface area contributed by atoms with Crippen molar-refractivity contribution in [1.29, 1.82) is 0 Å². The number of carbonyl (C=O) groups is 1. The lowest BCUT2D eigenvalue weighted by molar-refractivity contribution is -0.116. The minimum absolute atomic E-state index is 0.157. The van der Waals surface area contributed by atoms with Crippen LogP contribution in [0.15, 0.2) is 53.1 Å². The van der Waals surface area contributed by atoms with E-state index >= 15 is 0 Å². The van der Waals surface area contributed by atoms with Gasteiger partial charge in [0.25, 0.3) is 0 Å². The first kappa shape index (κ1) is 17.6. The number of nitrogens with zero attached hydrogens (tertiary/aromatic N) is 2. The quantitative estimate of drug-likeness (QED) is 0.697. The van der Waals surface area contributed by atoms with E-state index in [1.54, 1.807) is 36.4 Å². The third kappa shape index (κ3) is 4.66. The molecule has 1 N–H and O–H groups in total. The zero-order valence-electron chi connectivity index (χ0n) is 14.2. The Labute approximate surface area is 150 Å². The number of anilines is 1. The molecule has 0 saturated carbocycles. The first-order valence-electron chi connectivity index (χ1n) is 8.25. The van der Waals surface area contributed by atoms with Crippen molar-refractivity contribution in [2.75, 3.05) is 11.9 Å². The molecule has 0 fully saturated rings. The SMILES string of the molecule is CCOc1ccc(NC(=O)CCc2nc(-c3ccc(F)cc3)no2)cc1. The number of hydrogen-bond acceptors (Lipinski definition) is 5. The van der Waals surface area contributed by atoms with Crippen molar-refractivity contribution in [2.24, 2.45) is 0 Å². The molecule has 134 valence electrons. The average molecular weight is 355 g/mol. The highest BCUT2D eigenvalue weighted by atomic mass is 19.1. The van der Waals surface area contributed by atoms with E-state index in [4.69, 9.17) is 9.26 Å². The van der Waals surface area contributed by atoms with E-state index < -0.39 is 0 Å². The first-order chi connectivity index (χ1) is 12.6. The van der Waals surface area contributed by atoms with Crippen LogP contribution in [0.25, 0.3) is 11.4 Å². The zero-order valence-corrected chi connectivity index (χ0v) is 14.2. The Kier molecular flexibility index (Phi) is 5.58. The second kappa shape index (κ2) is 8.24. The van der Waals surface area contributed by atoms with Crippen LogP contribution in [0.3, 0.4) is 0 Å². The van der Waals surface area contributed by atoms with E-state index in [1.807, 2.05) is 6.92 Å². The Balaban J connectivity index is 1.52. The fourth-order valence-corrected chi connectivity index (χ4v) is 2.32. The third-order valence-corrected chi connectivity index (χ3v) is 3.59. The second-order valence-electron chi connectivity index (χ2n) is 5.52. The van der Waals surface area contributed by atoms with Crippen molar-refractivity contribution in [3.05, 3.63) is 60.2 Å². The number of aromatic nitrogens is 2. The number of carbonyl (C=O) groups excluding carboxylic acids is 1. The number of aryl methyl sites for hydroxylation is 1. The summed E-state index contributed by atoms with van der Waals surface area (Å²) in [4.78, 5) is 16.3. The van der Waals surface area contributed by atoms with Gasteiger partial charge in [0.1, 0.15) is 11.6 Å². The predicted molar refractivity (Wildman–Crippen MR) is 94.3 cm³/mol. The summed E-state index contributed by atoms with van der Waals surface area (Å²) in [6, 6.07) is 13.0. The third-order valence-electron chi connectivity index (χ3n) is 3.59. The van der Waals surface area contributed by atoms with Gasteiger partial charge < -0.3 is 14.6 Å². The summed E-state index contributed by atoms with van der Waals surface area (Å²) >= 11 is 0. The second-order valence-corrected chi connectivity index (χ2v) is 5.52. The Morgan fingerprint density at radius 1 is 1.15 bits per heavy atom. The summed E-state index contributed by atoms with van der Waals surface area (Å²) in [6.07, 6.45) is 0.523. The summed E-state index contributed by atoms with van der Waals surface area (Å²) in [6.45, 7) is 2.50. The molecule has 0 radical (unpaired) electrons. The summed E-state index contributed by atoms with van der Waals surface area (Å²) in [5.41, 5.74) is 1.34. The molecule has 0 spiro atoms. The lowest BCUT2D eigenvalue weighted by Gasteiger charge is -2.06. The van der Waals surface area contributed by atoms with Crippen LogP contribution in [-0.4, -0.2) is 22.7 Å². The zero-order chi connectivity index (χ0) is 18.4. The number of benzene rings is 2. The number of amides is 1. The largest absolute Gasteiger partial charge is 0.494 e. The van der Waals surface area contributed by atoms with Crippen LogP contribution < -0.4 is 10.1 Å². The molecule has 0 unspecified atom stereocenters. The fourth-order valence-electron chi connectivity index (χ4n) is 2.32. The lowest BCUT2D eigenvalue weighted by Crippen LogP contribution is -2.12. The molecule has 1 amide bonds. The van der Waals surface area contributed by atoms with Gasteiger partial charge in [-0.05, 0) is 55.5 Å². The van der Waals surface area contributed by atoms with Crippen molar-refractivity contribution in [2.45, 2.75) is 19.8 Å². The molecule has 3 aromatic rings. The van der Waals surface area contributed by atoms with Crippen LogP contribution in [0.2, 0.25) is 0 Å². The first-order valence-corrected chi connectivity index (χ1v) is 8.25. The summed E-state index contributed by atoms with van der Waals surface area (Å²) < 4.78 is 23.4.